The van der Waals surface area contributed by atoms with Crippen LogP contribution < -0.4 is 0 Å². The fourth-order valence-corrected chi connectivity index (χ4v) is 2.88. The Hall–Kier alpha value is -1.85. The third-order valence-electron chi connectivity index (χ3n) is 4.45. The number of aromatic nitrogens is 2. The summed E-state index contributed by atoms with van der Waals surface area (Å²) in [7, 11) is 0. The number of carbonyl (C=O) groups is 2. The van der Waals surface area contributed by atoms with Gasteiger partial charge in [0.15, 0.2) is 0 Å². The molecule has 0 aromatic carbocycles. The Balaban J connectivity index is 2.19. The Bertz CT molecular complexity index is 536. The van der Waals surface area contributed by atoms with E-state index < -0.39 is 11.4 Å². The molecule has 6 heteroatoms. The third kappa shape index (κ3) is 2.80. The molecule has 1 aliphatic rings. The summed E-state index contributed by atoms with van der Waals surface area (Å²) in [6.45, 7) is 6.58. The van der Waals surface area contributed by atoms with Crippen LogP contribution in [0.4, 0.5) is 0 Å². The predicted octanol–water partition coefficient (Wildman–Crippen LogP) is 2.18. The van der Waals surface area contributed by atoms with Gasteiger partial charge < -0.3 is 10.0 Å². The first-order valence-electron chi connectivity index (χ1n) is 7.49. The summed E-state index contributed by atoms with van der Waals surface area (Å²) in [5, 5.41) is 13.5. The fraction of sp³-hybridized carbons (Fsp3) is 0.667. The molecule has 1 aromatic heterocycles. The van der Waals surface area contributed by atoms with Crippen molar-refractivity contribution in [1.82, 2.24) is 14.7 Å². The van der Waals surface area contributed by atoms with Crippen molar-refractivity contribution >= 4 is 11.9 Å². The standard InChI is InChI=1S/C15H23N3O3/c1-4-11(5-2)18-12(6-8-16-18)13(19)17-9-7-15(3,10-17)14(20)21/h6,8,11H,4-5,7,9-10H2,1-3H3,(H,20,21)/t15-/m1/s1. The molecule has 1 aliphatic heterocycles. The quantitative estimate of drug-likeness (QED) is 0.903. The lowest BCUT2D eigenvalue weighted by molar-refractivity contribution is -0.147. The summed E-state index contributed by atoms with van der Waals surface area (Å²) in [6.07, 6.45) is 3.95. The monoisotopic (exact) mass is 293 g/mol. The van der Waals surface area contributed by atoms with Gasteiger partial charge in [-0.05, 0) is 32.3 Å². The van der Waals surface area contributed by atoms with Gasteiger partial charge in [-0.25, -0.2) is 0 Å². The SMILES string of the molecule is CCC(CC)n1nccc1C(=O)N1CC[C@@](C)(C(=O)O)C1. The molecular weight excluding hydrogens is 270 g/mol. The number of carboxylic acids is 1. The summed E-state index contributed by atoms with van der Waals surface area (Å²) < 4.78 is 1.78. The van der Waals surface area contributed by atoms with Gasteiger partial charge in [-0.15, -0.1) is 0 Å². The summed E-state index contributed by atoms with van der Waals surface area (Å²) >= 11 is 0. The van der Waals surface area contributed by atoms with Crippen LogP contribution in [0.25, 0.3) is 0 Å². The van der Waals surface area contributed by atoms with E-state index in [0.29, 0.717) is 18.7 Å². The summed E-state index contributed by atoms with van der Waals surface area (Å²) in [5.74, 6) is -0.962. The molecule has 1 atom stereocenters. The summed E-state index contributed by atoms with van der Waals surface area (Å²) in [6, 6.07) is 1.92. The van der Waals surface area contributed by atoms with Gasteiger partial charge in [0.25, 0.3) is 5.91 Å². The number of amides is 1. The smallest absolute Gasteiger partial charge is 0.311 e. The van der Waals surface area contributed by atoms with Crippen molar-refractivity contribution in [2.45, 2.75) is 46.1 Å². The molecular formula is C15H23N3O3. The zero-order chi connectivity index (χ0) is 15.6. The summed E-state index contributed by atoms with van der Waals surface area (Å²) in [4.78, 5) is 25.6. The van der Waals surface area contributed by atoms with Crippen LogP contribution in [-0.4, -0.2) is 44.8 Å². The van der Waals surface area contributed by atoms with Crippen LogP contribution in [0.1, 0.15) is 56.6 Å². The molecule has 0 bridgehead atoms. The Labute approximate surface area is 124 Å². The molecule has 21 heavy (non-hydrogen) atoms. The molecule has 6 nitrogen and oxygen atoms in total. The Morgan fingerprint density at radius 1 is 1.43 bits per heavy atom. The number of aliphatic carboxylic acids is 1. The number of likely N-dealkylation sites (tertiary alicyclic amines) is 1. The normalized spacial score (nSPS) is 22.0. The van der Waals surface area contributed by atoms with Crippen molar-refractivity contribution in [3.8, 4) is 0 Å². The van der Waals surface area contributed by atoms with Gasteiger partial charge >= 0.3 is 5.97 Å². The van der Waals surface area contributed by atoms with Crippen LogP contribution in [-0.2, 0) is 4.79 Å². The van der Waals surface area contributed by atoms with Gasteiger partial charge in [-0.1, -0.05) is 13.8 Å². The van der Waals surface area contributed by atoms with Gasteiger partial charge in [0.1, 0.15) is 5.69 Å². The van der Waals surface area contributed by atoms with Crippen LogP contribution in [0, 0.1) is 5.41 Å². The number of carboxylic acid groups (broad SMARTS) is 1. The molecule has 1 amide bonds. The van der Waals surface area contributed by atoms with Crippen LogP contribution in [0.5, 0.6) is 0 Å². The van der Waals surface area contributed by atoms with Gasteiger partial charge in [0.05, 0.1) is 11.5 Å². The van der Waals surface area contributed by atoms with E-state index in [2.05, 4.69) is 18.9 Å². The maximum Gasteiger partial charge on any atom is 0.311 e. The highest BCUT2D eigenvalue weighted by Gasteiger charge is 2.42. The topological polar surface area (TPSA) is 75.4 Å². The highest BCUT2D eigenvalue weighted by atomic mass is 16.4. The minimum absolute atomic E-state index is 0.121. The average molecular weight is 293 g/mol. The van der Waals surface area contributed by atoms with Crippen LogP contribution in [0.15, 0.2) is 12.3 Å². The van der Waals surface area contributed by atoms with Crippen molar-refractivity contribution in [2.24, 2.45) is 5.41 Å². The van der Waals surface area contributed by atoms with Gasteiger partial charge in [0.2, 0.25) is 0 Å². The maximum atomic E-state index is 12.6. The molecule has 0 unspecified atom stereocenters. The second-order valence-electron chi connectivity index (χ2n) is 5.97. The zero-order valence-corrected chi connectivity index (χ0v) is 12.9. The minimum atomic E-state index is -0.841. The van der Waals surface area contributed by atoms with E-state index in [4.69, 9.17) is 0 Å². The molecule has 0 saturated carbocycles. The van der Waals surface area contributed by atoms with Crippen molar-refractivity contribution in [1.29, 1.82) is 0 Å². The Morgan fingerprint density at radius 3 is 2.62 bits per heavy atom. The van der Waals surface area contributed by atoms with Gasteiger partial charge in [-0.2, -0.15) is 5.10 Å². The largest absolute Gasteiger partial charge is 0.481 e. The molecule has 1 saturated heterocycles. The molecule has 1 N–H and O–H groups in total. The zero-order valence-electron chi connectivity index (χ0n) is 12.9. The molecule has 1 aromatic rings. The fourth-order valence-electron chi connectivity index (χ4n) is 2.88. The first kappa shape index (κ1) is 15.5. The van der Waals surface area contributed by atoms with Crippen molar-refractivity contribution in [3.05, 3.63) is 18.0 Å². The first-order valence-corrected chi connectivity index (χ1v) is 7.49. The minimum Gasteiger partial charge on any atom is -0.481 e. The summed E-state index contributed by atoms with van der Waals surface area (Å²) in [5.41, 5.74) is -0.284. The van der Waals surface area contributed by atoms with Crippen LogP contribution in [0.3, 0.4) is 0 Å². The van der Waals surface area contributed by atoms with E-state index in [-0.39, 0.29) is 18.5 Å². The van der Waals surface area contributed by atoms with Crippen LogP contribution in [0.2, 0.25) is 0 Å². The highest BCUT2D eigenvalue weighted by molar-refractivity contribution is 5.93. The first-order chi connectivity index (χ1) is 9.92. The molecule has 1 fully saturated rings. The maximum absolute atomic E-state index is 12.6. The lowest BCUT2D eigenvalue weighted by Crippen LogP contribution is -2.36. The molecule has 0 spiro atoms. The number of rotatable bonds is 5. The molecule has 0 aliphatic carbocycles. The van der Waals surface area contributed by atoms with E-state index in [0.717, 1.165) is 12.8 Å². The van der Waals surface area contributed by atoms with Crippen LogP contribution >= 0.6 is 0 Å². The number of hydrogen-bond acceptors (Lipinski definition) is 3. The average Bonchev–Trinajstić information content (AvgIpc) is 3.07. The molecule has 2 rings (SSSR count). The second-order valence-corrected chi connectivity index (χ2v) is 5.97. The molecule has 0 radical (unpaired) electrons. The lowest BCUT2D eigenvalue weighted by Gasteiger charge is -2.22. The third-order valence-corrected chi connectivity index (χ3v) is 4.45. The van der Waals surface area contributed by atoms with E-state index in [9.17, 15) is 14.7 Å². The number of nitrogens with zero attached hydrogens (tertiary/aromatic N) is 3. The molecule has 2 heterocycles. The lowest BCUT2D eigenvalue weighted by atomic mass is 9.90. The van der Waals surface area contributed by atoms with E-state index >= 15 is 0 Å². The van der Waals surface area contributed by atoms with Crippen molar-refractivity contribution in [2.75, 3.05) is 13.1 Å². The van der Waals surface area contributed by atoms with Crippen molar-refractivity contribution in [3.63, 3.8) is 0 Å². The highest BCUT2D eigenvalue weighted by Crippen LogP contribution is 2.31. The number of hydrogen-bond donors (Lipinski definition) is 1. The second kappa shape index (κ2) is 5.87. The van der Waals surface area contributed by atoms with E-state index in [1.807, 2.05) is 0 Å². The van der Waals surface area contributed by atoms with Crippen molar-refractivity contribution < 1.29 is 14.7 Å². The predicted molar refractivity (Wildman–Crippen MR) is 78.1 cm³/mol. The van der Waals surface area contributed by atoms with Gasteiger partial charge in [0, 0.05) is 19.3 Å². The van der Waals surface area contributed by atoms with E-state index in [1.165, 1.54) is 0 Å². The molecule has 116 valence electrons. The Kier molecular flexibility index (Phi) is 4.34. The Morgan fingerprint density at radius 2 is 2.10 bits per heavy atom. The van der Waals surface area contributed by atoms with Gasteiger partial charge in [-0.3, -0.25) is 14.3 Å². The number of carbonyl (C=O) groups excluding carboxylic acids is 1. The van der Waals surface area contributed by atoms with E-state index in [1.54, 1.807) is 28.8 Å².